The Morgan fingerprint density at radius 2 is 2.35 bits per heavy atom. The summed E-state index contributed by atoms with van der Waals surface area (Å²) in [6, 6.07) is 7.09. The minimum absolute atomic E-state index is 0.135. The standard InChI is InChI=1S/C10H7ClN4OS/c11-8-3-1-2-7(4-8)5-13-15-9(16)6-12-14-10(15)17/h1-6H,(H,14,17). The van der Waals surface area contributed by atoms with E-state index in [1.807, 2.05) is 6.07 Å². The number of halogens is 1. The fraction of sp³-hybridized carbons (Fsp3) is 0. The van der Waals surface area contributed by atoms with Gasteiger partial charge in [0, 0.05) is 5.02 Å². The number of hydrogen-bond donors (Lipinski definition) is 1. The molecule has 1 heterocycles. The fourth-order valence-corrected chi connectivity index (χ4v) is 1.55. The van der Waals surface area contributed by atoms with Crippen LogP contribution in [-0.2, 0) is 0 Å². The zero-order valence-corrected chi connectivity index (χ0v) is 10.1. The Morgan fingerprint density at radius 3 is 3.06 bits per heavy atom. The van der Waals surface area contributed by atoms with Crippen LogP contribution < -0.4 is 5.56 Å². The average molecular weight is 267 g/mol. The van der Waals surface area contributed by atoms with Gasteiger partial charge >= 0.3 is 0 Å². The molecule has 0 atom stereocenters. The molecule has 0 radical (unpaired) electrons. The molecule has 7 heteroatoms. The van der Waals surface area contributed by atoms with Crippen molar-refractivity contribution in [1.82, 2.24) is 14.9 Å². The largest absolute Gasteiger partial charge is 0.293 e. The van der Waals surface area contributed by atoms with E-state index in [4.69, 9.17) is 23.8 Å². The molecule has 1 N–H and O–H groups in total. The first kappa shape index (κ1) is 11.7. The Hall–Kier alpha value is -1.79. The monoisotopic (exact) mass is 266 g/mol. The number of nitrogens with zero attached hydrogens (tertiary/aromatic N) is 3. The van der Waals surface area contributed by atoms with E-state index < -0.39 is 5.56 Å². The summed E-state index contributed by atoms with van der Waals surface area (Å²) in [4.78, 5) is 11.4. The molecule has 0 spiro atoms. The first-order valence-electron chi connectivity index (χ1n) is 4.63. The molecule has 86 valence electrons. The maximum absolute atomic E-state index is 11.4. The van der Waals surface area contributed by atoms with Gasteiger partial charge in [0.05, 0.1) is 6.21 Å². The number of nitrogens with one attached hydrogen (secondary N) is 1. The van der Waals surface area contributed by atoms with Crippen molar-refractivity contribution < 1.29 is 0 Å². The van der Waals surface area contributed by atoms with Gasteiger partial charge in [-0.2, -0.15) is 14.9 Å². The number of aromatic nitrogens is 3. The summed E-state index contributed by atoms with van der Waals surface area (Å²) in [5.74, 6) is 0. The lowest BCUT2D eigenvalue weighted by Crippen LogP contribution is -2.18. The maximum Gasteiger partial charge on any atom is 0.293 e. The first-order chi connectivity index (χ1) is 8.16. The van der Waals surface area contributed by atoms with Crippen molar-refractivity contribution in [1.29, 1.82) is 0 Å². The van der Waals surface area contributed by atoms with Gasteiger partial charge in [0.2, 0.25) is 4.77 Å². The third kappa shape index (κ3) is 2.86. The molecule has 2 aromatic rings. The van der Waals surface area contributed by atoms with Crippen LogP contribution in [0.1, 0.15) is 5.56 Å². The topological polar surface area (TPSA) is 63.0 Å². The smallest absolute Gasteiger partial charge is 0.265 e. The van der Waals surface area contributed by atoms with Gasteiger partial charge in [-0.1, -0.05) is 23.7 Å². The molecule has 17 heavy (non-hydrogen) atoms. The molecule has 1 aromatic carbocycles. The predicted octanol–water partition coefficient (Wildman–Crippen LogP) is 1.84. The molecule has 0 unspecified atom stereocenters. The minimum atomic E-state index is -0.396. The molecule has 0 amide bonds. The number of aromatic amines is 1. The second-order valence-corrected chi connectivity index (χ2v) is 3.95. The van der Waals surface area contributed by atoms with Crippen LogP contribution in [0.2, 0.25) is 5.02 Å². The van der Waals surface area contributed by atoms with Gasteiger partial charge in [0.1, 0.15) is 6.20 Å². The summed E-state index contributed by atoms with van der Waals surface area (Å²) in [5, 5.41) is 10.6. The van der Waals surface area contributed by atoms with E-state index >= 15 is 0 Å². The molecule has 1 aromatic heterocycles. The van der Waals surface area contributed by atoms with E-state index in [1.165, 1.54) is 6.21 Å². The van der Waals surface area contributed by atoms with Gasteiger partial charge in [-0.15, -0.1) is 0 Å². The summed E-state index contributed by atoms with van der Waals surface area (Å²) >= 11 is 10.7. The predicted molar refractivity (Wildman–Crippen MR) is 68.1 cm³/mol. The van der Waals surface area contributed by atoms with Crippen molar-refractivity contribution in [2.45, 2.75) is 0 Å². The van der Waals surface area contributed by atoms with Gasteiger partial charge in [-0.25, -0.2) is 0 Å². The highest BCUT2D eigenvalue weighted by Crippen LogP contribution is 2.08. The Morgan fingerprint density at radius 1 is 1.53 bits per heavy atom. The molecular weight excluding hydrogens is 260 g/mol. The first-order valence-corrected chi connectivity index (χ1v) is 5.42. The lowest BCUT2D eigenvalue weighted by molar-refractivity contribution is 0.738. The lowest BCUT2D eigenvalue weighted by atomic mass is 10.2. The summed E-state index contributed by atoms with van der Waals surface area (Å²) < 4.78 is 1.18. The lowest BCUT2D eigenvalue weighted by Gasteiger charge is -1.96. The Balaban J connectivity index is 2.39. The van der Waals surface area contributed by atoms with Gasteiger partial charge < -0.3 is 0 Å². The van der Waals surface area contributed by atoms with E-state index in [0.29, 0.717) is 5.02 Å². The van der Waals surface area contributed by atoms with E-state index in [-0.39, 0.29) is 4.77 Å². The summed E-state index contributed by atoms with van der Waals surface area (Å²) in [6.07, 6.45) is 2.60. The van der Waals surface area contributed by atoms with Gasteiger partial charge in [0.25, 0.3) is 5.56 Å². The maximum atomic E-state index is 11.4. The molecule has 0 fully saturated rings. The molecule has 0 aliphatic rings. The van der Waals surface area contributed by atoms with E-state index in [1.54, 1.807) is 18.2 Å². The highest BCUT2D eigenvalue weighted by Gasteiger charge is 1.95. The zero-order chi connectivity index (χ0) is 12.3. The summed E-state index contributed by atoms with van der Waals surface area (Å²) in [5.41, 5.74) is 0.377. The highest BCUT2D eigenvalue weighted by atomic mass is 35.5. The number of benzene rings is 1. The quantitative estimate of drug-likeness (QED) is 0.666. The summed E-state index contributed by atoms with van der Waals surface area (Å²) in [6.45, 7) is 0. The van der Waals surface area contributed by atoms with Crippen LogP contribution in [-0.4, -0.2) is 21.1 Å². The van der Waals surface area contributed by atoms with Crippen molar-refractivity contribution in [3.8, 4) is 0 Å². The number of H-pyrrole nitrogens is 1. The van der Waals surface area contributed by atoms with Crippen LogP contribution in [0.4, 0.5) is 0 Å². The molecule has 0 saturated heterocycles. The normalized spacial score (nSPS) is 10.9. The van der Waals surface area contributed by atoms with Crippen LogP contribution in [0.5, 0.6) is 0 Å². The van der Waals surface area contributed by atoms with E-state index in [9.17, 15) is 4.79 Å². The molecule has 0 bridgehead atoms. The van der Waals surface area contributed by atoms with Crippen molar-refractivity contribution in [3.05, 3.63) is 56.2 Å². The van der Waals surface area contributed by atoms with Crippen molar-refractivity contribution in [2.24, 2.45) is 5.10 Å². The van der Waals surface area contributed by atoms with Crippen LogP contribution in [0, 0.1) is 4.77 Å². The van der Waals surface area contributed by atoms with E-state index in [0.717, 1.165) is 16.4 Å². The van der Waals surface area contributed by atoms with Crippen LogP contribution in [0.25, 0.3) is 0 Å². The van der Waals surface area contributed by atoms with Crippen LogP contribution in [0.3, 0.4) is 0 Å². The molecule has 0 saturated carbocycles. The fourth-order valence-electron chi connectivity index (χ4n) is 1.17. The molecule has 0 aliphatic carbocycles. The van der Waals surface area contributed by atoms with E-state index in [2.05, 4.69) is 15.3 Å². The van der Waals surface area contributed by atoms with Gasteiger partial charge in [-0.3, -0.25) is 9.89 Å². The Bertz CT molecular complexity index is 648. The Kier molecular flexibility index (Phi) is 3.46. The third-order valence-corrected chi connectivity index (χ3v) is 2.41. The molecule has 2 rings (SSSR count). The van der Waals surface area contributed by atoms with Gasteiger partial charge in [-0.05, 0) is 29.9 Å². The van der Waals surface area contributed by atoms with Crippen LogP contribution in [0.15, 0.2) is 40.4 Å². The SMILES string of the molecule is O=c1cn[nH]c(=S)n1N=Cc1cccc(Cl)c1. The van der Waals surface area contributed by atoms with Gasteiger partial charge in [0.15, 0.2) is 0 Å². The van der Waals surface area contributed by atoms with Crippen molar-refractivity contribution in [2.75, 3.05) is 0 Å². The highest BCUT2D eigenvalue weighted by molar-refractivity contribution is 7.71. The van der Waals surface area contributed by atoms with Crippen molar-refractivity contribution >= 4 is 30.0 Å². The van der Waals surface area contributed by atoms with Crippen molar-refractivity contribution in [3.63, 3.8) is 0 Å². The second kappa shape index (κ2) is 5.03. The number of rotatable bonds is 2. The second-order valence-electron chi connectivity index (χ2n) is 3.12. The molecule has 0 aliphatic heterocycles. The average Bonchev–Trinajstić information content (AvgIpc) is 2.28. The number of hydrogen-bond acceptors (Lipinski definition) is 4. The minimum Gasteiger partial charge on any atom is -0.265 e. The third-order valence-electron chi connectivity index (χ3n) is 1.91. The molecule has 5 nitrogen and oxygen atoms in total. The zero-order valence-electron chi connectivity index (χ0n) is 8.50. The molecular formula is C10H7ClN4OS. The summed E-state index contributed by atoms with van der Waals surface area (Å²) in [7, 11) is 0. The Labute approximate surface area is 106 Å². The van der Waals surface area contributed by atoms with Crippen LogP contribution >= 0.6 is 23.8 Å².